The van der Waals surface area contributed by atoms with Gasteiger partial charge >= 0.3 is 6.09 Å². The Hall–Kier alpha value is -2.23. The molecule has 0 aliphatic heterocycles. The monoisotopic (exact) mass is 287 g/mol. The van der Waals surface area contributed by atoms with E-state index >= 15 is 0 Å². The molecule has 4 nitrogen and oxygen atoms in total. The molecule has 0 aliphatic carbocycles. The highest BCUT2D eigenvalue weighted by Crippen LogP contribution is 2.36. The molecule has 0 amide bonds. The van der Waals surface area contributed by atoms with E-state index in [9.17, 15) is 15.0 Å². The lowest BCUT2D eigenvalue weighted by Crippen LogP contribution is -2.21. The molecule has 0 saturated carbocycles. The third kappa shape index (κ3) is 2.42. The first kappa shape index (κ1) is 15.2. The van der Waals surface area contributed by atoms with Gasteiger partial charge in [0.25, 0.3) is 0 Å². The minimum Gasteiger partial charge on any atom is -0.508 e. The minimum atomic E-state index is -1.01. The highest BCUT2D eigenvalue weighted by Gasteiger charge is 2.26. The third-order valence-corrected chi connectivity index (χ3v) is 3.67. The molecule has 0 aliphatic rings. The first-order valence-corrected chi connectivity index (χ1v) is 6.90. The van der Waals surface area contributed by atoms with Crippen molar-refractivity contribution >= 4 is 17.0 Å². The molecular formula is C17H21NO3. The molecule has 1 aromatic heterocycles. The van der Waals surface area contributed by atoms with Crippen molar-refractivity contribution in [3.05, 3.63) is 41.6 Å². The van der Waals surface area contributed by atoms with Gasteiger partial charge in [-0.15, -0.1) is 6.58 Å². The Morgan fingerprint density at radius 2 is 2.00 bits per heavy atom. The number of hydrogen-bond acceptors (Lipinski definition) is 2. The number of phenols is 1. The fourth-order valence-corrected chi connectivity index (χ4v) is 2.74. The number of benzene rings is 1. The third-order valence-electron chi connectivity index (χ3n) is 3.67. The normalized spacial score (nSPS) is 11.8. The number of aromatic hydroxyl groups is 1. The van der Waals surface area contributed by atoms with Crippen molar-refractivity contribution in [3.63, 3.8) is 0 Å². The second-order valence-corrected chi connectivity index (χ2v) is 6.34. The van der Waals surface area contributed by atoms with E-state index < -0.39 is 6.09 Å². The fourth-order valence-electron chi connectivity index (χ4n) is 2.74. The van der Waals surface area contributed by atoms with Crippen LogP contribution in [-0.2, 0) is 11.8 Å². The van der Waals surface area contributed by atoms with E-state index in [0.717, 1.165) is 16.5 Å². The number of carbonyl (C=O) groups is 1. The van der Waals surface area contributed by atoms with Crippen LogP contribution < -0.4 is 0 Å². The van der Waals surface area contributed by atoms with E-state index in [2.05, 4.69) is 6.58 Å². The van der Waals surface area contributed by atoms with Crippen LogP contribution in [0.5, 0.6) is 5.75 Å². The van der Waals surface area contributed by atoms with Crippen molar-refractivity contribution in [1.82, 2.24) is 4.57 Å². The summed E-state index contributed by atoms with van der Waals surface area (Å²) in [6.07, 6.45) is 1.20. The lowest BCUT2D eigenvalue weighted by molar-refractivity contribution is 0.195. The number of fused-ring (bicyclic) bond motifs is 1. The van der Waals surface area contributed by atoms with Crippen LogP contribution in [0.1, 0.15) is 37.6 Å². The van der Waals surface area contributed by atoms with Gasteiger partial charge in [0.1, 0.15) is 5.75 Å². The predicted octanol–water partition coefficient (Wildman–Crippen LogP) is 4.21. The van der Waals surface area contributed by atoms with Gasteiger partial charge in [-0.1, -0.05) is 26.8 Å². The quantitative estimate of drug-likeness (QED) is 0.813. The van der Waals surface area contributed by atoms with Gasteiger partial charge in [0.15, 0.2) is 0 Å². The van der Waals surface area contributed by atoms with Gasteiger partial charge in [-0.25, -0.2) is 9.36 Å². The molecule has 0 spiro atoms. The Balaban J connectivity index is 3.00. The van der Waals surface area contributed by atoms with Gasteiger partial charge in [-0.3, -0.25) is 0 Å². The summed E-state index contributed by atoms with van der Waals surface area (Å²) >= 11 is 0. The average molecular weight is 287 g/mol. The zero-order valence-electron chi connectivity index (χ0n) is 12.9. The molecular weight excluding hydrogens is 266 g/mol. The summed E-state index contributed by atoms with van der Waals surface area (Å²) in [5.41, 5.74) is 2.50. The number of phenolic OH excluding ortho intramolecular Hbond substituents is 1. The van der Waals surface area contributed by atoms with Crippen LogP contribution in [0.4, 0.5) is 4.79 Å². The summed E-state index contributed by atoms with van der Waals surface area (Å²) in [4.78, 5) is 11.7. The topological polar surface area (TPSA) is 62.5 Å². The maximum absolute atomic E-state index is 11.7. The minimum absolute atomic E-state index is 0.183. The Morgan fingerprint density at radius 3 is 2.48 bits per heavy atom. The zero-order valence-corrected chi connectivity index (χ0v) is 12.9. The zero-order chi connectivity index (χ0) is 15.9. The molecule has 2 rings (SSSR count). The molecule has 0 radical (unpaired) electrons. The lowest BCUT2D eigenvalue weighted by atomic mass is 9.91. The number of hydrogen-bond donors (Lipinski definition) is 2. The molecule has 2 N–H and O–H groups in total. The number of carboxylic acid groups (broad SMARTS) is 1. The van der Waals surface area contributed by atoms with Gasteiger partial charge in [-0.2, -0.15) is 0 Å². The number of nitrogens with zero attached hydrogens (tertiary/aromatic N) is 1. The van der Waals surface area contributed by atoms with Gasteiger partial charge in [0, 0.05) is 22.1 Å². The second-order valence-electron chi connectivity index (χ2n) is 6.34. The predicted molar refractivity (Wildman–Crippen MR) is 84.4 cm³/mol. The van der Waals surface area contributed by atoms with E-state index in [1.807, 2.05) is 33.8 Å². The van der Waals surface area contributed by atoms with Crippen molar-refractivity contribution in [2.45, 2.75) is 39.5 Å². The summed E-state index contributed by atoms with van der Waals surface area (Å²) in [6, 6.07) is 3.49. The standard InChI is InChI=1S/C17H21NO3/c1-6-7-11-12-9-14(17(3,4)5)18(16(20)21)15(12)10(2)8-13(11)19/h6,8-9,19H,1,7H2,2-5H3,(H,20,21). The maximum atomic E-state index is 11.7. The Morgan fingerprint density at radius 1 is 1.38 bits per heavy atom. The molecule has 21 heavy (non-hydrogen) atoms. The van der Waals surface area contributed by atoms with E-state index in [4.69, 9.17) is 0 Å². The molecule has 0 bridgehead atoms. The summed E-state index contributed by atoms with van der Waals surface area (Å²) in [5, 5.41) is 20.5. The first-order chi connectivity index (χ1) is 9.68. The molecule has 0 unspecified atom stereocenters. The van der Waals surface area contributed by atoms with Gasteiger partial charge in [-0.05, 0) is 31.0 Å². The van der Waals surface area contributed by atoms with E-state index in [0.29, 0.717) is 17.6 Å². The maximum Gasteiger partial charge on any atom is 0.416 e. The molecule has 1 heterocycles. The summed E-state index contributed by atoms with van der Waals surface area (Å²) in [6.45, 7) is 11.4. The number of aryl methyl sites for hydroxylation is 1. The van der Waals surface area contributed by atoms with Crippen molar-refractivity contribution in [2.24, 2.45) is 0 Å². The molecule has 0 fully saturated rings. The van der Waals surface area contributed by atoms with Crippen LogP contribution in [0.3, 0.4) is 0 Å². The number of aromatic nitrogens is 1. The first-order valence-electron chi connectivity index (χ1n) is 6.90. The van der Waals surface area contributed by atoms with Crippen molar-refractivity contribution in [3.8, 4) is 5.75 Å². The Bertz CT molecular complexity index is 733. The van der Waals surface area contributed by atoms with Crippen molar-refractivity contribution in [2.75, 3.05) is 0 Å². The Labute approximate surface area is 124 Å². The largest absolute Gasteiger partial charge is 0.508 e. The average Bonchev–Trinajstić information content (AvgIpc) is 2.74. The highest BCUT2D eigenvalue weighted by atomic mass is 16.4. The number of rotatable bonds is 2. The van der Waals surface area contributed by atoms with Gasteiger partial charge in [0.05, 0.1) is 5.52 Å². The van der Waals surface area contributed by atoms with Gasteiger partial charge < -0.3 is 10.2 Å². The smallest absolute Gasteiger partial charge is 0.416 e. The Kier molecular flexibility index (Phi) is 3.58. The van der Waals surface area contributed by atoms with E-state index in [-0.39, 0.29) is 11.2 Å². The molecule has 2 aromatic rings. The van der Waals surface area contributed by atoms with Crippen molar-refractivity contribution < 1.29 is 15.0 Å². The second kappa shape index (κ2) is 4.95. The summed E-state index contributed by atoms with van der Waals surface area (Å²) in [7, 11) is 0. The van der Waals surface area contributed by atoms with Crippen LogP contribution in [0.2, 0.25) is 0 Å². The molecule has 4 heteroatoms. The molecule has 112 valence electrons. The van der Waals surface area contributed by atoms with Crippen LogP contribution >= 0.6 is 0 Å². The fraction of sp³-hybridized carbons (Fsp3) is 0.353. The van der Waals surface area contributed by atoms with E-state index in [1.165, 1.54) is 4.57 Å². The van der Waals surface area contributed by atoms with E-state index in [1.54, 1.807) is 12.1 Å². The summed E-state index contributed by atoms with van der Waals surface area (Å²) < 4.78 is 1.33. The highest BCUT2D eigenvalue weighted by molar-refractivity contribution is 5.96. The number of allylic oxidation sites excluding steroid dienone is 1. The molecule has 1 aromatic carbocycles. The molecule has 0 saturated heterocycles. The van der Waals surface area contributed by atoms with Crippen LogP contribution in [0.15, 0.2) is 24.8 Å². The lowest BCUT2D eigenvalue weighted by Gasteiger charge is -2.19. The van der Waals surface area contributed by atoms with Crippen LogP contribution in [0, 0.1) is 6.92 Å². The summed E-state index contributed by atoms with van der Waals surface area (Å²) in [5.74, 6) is 0.183. The SMILES string of the molecule is C=CCc1c(O)cc(C)c2c1cc(C(C)(C)C)n2C(=O)O. The van der Waals surface area contributed by atoms with Crippen LogP contribution in [-0.4, -0.2) is 20.9 Å². The van der Waals surface area contributed by atoms with Gasteiger partial charge in [0.2, 0.25) is 0 Å². The van der Waals surface area contributed by atoms with Crippen molar-refractivity contribution in [1.29, 1.82) is 0 Å². The van der Waals surface area contributed by atoms with Crippen LogP contribution in [0.25, 0.3) is 10.9 Å². The molecule has 0 atom stereocenters.